The van der Waals surface area contributed by atoms with Crippen molar-refractivity contribution >= 4 is 34.1 Å². The highest BCUT2D eigenvalue weighted by Crippen LogP contribution is 2.38. The molecule has 0 bridgehead atoms. The lowest BCUT2D eigenvalue weighted by atomic mass is 10.1. The van der Waals surface area contributed by atoms with Gasteiger partial charge in [0.25, 0.3) is 11.8 Å². The Morgan fingerprint density at radius 2 is 1.33 bits per heavy atom. The number of benzene rings is 3. The van der Waals surface area contributed by atoms with Crippen molar-refractivity contribution in [1.82, 2.24) is 4.57 Å². The summed E-state index contributed by atoms with van der Waals surface area (Å²) in [5.41, 5.74) is 3.80. The molecule has 4 aromatic rings. The van der Waals surface area contributed by atoms with Gasteiger partial charge in [-0.15, -0.1) is 0 Å². The Labute approximate surface area is 228 Å². The third-order valence-electron chi connectivity index (χ3n) is 6.34. The summed E-state index contributed by atoms with van der Waals surface area (Å²) in [6.07, 6.45) is 0. The minimum Gasteiger partial charge on any atom is -0.494 e. The summed E-state index contributed by atoms with van der Waals surface area (Å²) in [5, 5.41) is 6.91. The zero-order valence-electron chi connectivity index (χ0n) is 23.1. The number of anilines is 2. The van der Waals surface area contributed by atoms with E-state index in [1.807, 2.05) is 63.5 Å². The largest absolute Gasteiger partial charge is 0.494 e. The molecule has 4 rings (SSSR count). The first kappa shape index (κ1) is 27.6. The fourth-order valence-corrected chi connectivity index (χ4v) is 4.65. The lowest BCUT2D eigenvalue weighted by Gasteiger charge is -2.18. The molecule has 1 aromatic heterocycles. The third kappa shape index (κ3) is 5.85. The Morgan fingerprint density at radius 3 is 1.90 bits per heavy atom. The predicted molar refractivity (Wildman–Crippen MR) is 155 cm³/mol. The molecular formula is C31H35N3O5. The number of rotatable bonds is 11. The summed E-state index contributed by atoms with van der Waals surface area (Å²) >= 11 is 0. The molecule has 0 aliphatic carbocycles. The maximum absolute atomic E-state index is 13.7. The molecule has 204 valence electrons. The van der Waals surface area contributed by atoms with Crippen LogP contribution in [0.5, 0.6) is 17.2 Å². The van der Waals surface area contributed by atoms with Crippen LogP contribution in [-0.4, -0.2) is 36.2 Å². The Bertz CT molecular complexity index is 1480. The van der Waals surface area contributed by atoms with E-state index < -0.39 is 0 Å². The van der Waals surface area contributed by atoms with Crippen molar-refractivity contribution in [1.29, 1.82) is 0 Å². The molecule has 2 amide bonds. The smallest absolute Gasteiger partial charge is 0.272 e. The van der Waals surface area contributed by atoms with E-state index in [9.17, 15) is 9.59 Å². The molecule has 8 heteroatoms. The van der Waals surface area contributed by atoms with Crippen LogP contribution in [-0.2, 0) is 6.54 Å². The number of nitrogens with zero attached hydrogens (tertiary/aromatic N) is 1. The number of hydrogen-bond acceptors (Lipinski definition) is 5. The lowest BCUT2D eigenvalue weighted by Crippen LogP contribution is -2.19. The van der Waals surface area contributed by atoms with Crippen molar-refractivity contribution < 1.29 is 23.8 Å². The van der Waals surface area contributed by atoms with Gasteiger partial charge in [0, 0.05) is 35.1 Å². The van der Waals surface area contributed by atoms with Crippen molar-refractivity contribution in [3.8, 4) is 17.2 Å². The molecule has 2 N–H and O–H groups in total. The van der Waals surface area contributed by atoms with Crippen LogP contribution < -0.4 is 24.8 Å². The normalized spacial score (nSPS) is 10.8. The van der Waals surface area contributed by atoms with E-state index in [1.165, 1.54) is 0 Å². The zero-order chi connectivity index (χ0) is 27.9. The molecular weight excluding hydrogens is 494 g/mol. The van der Waals surface area contributed by atoms with E-state index >= 15 is 0 Å². The van der Waals surface area contributed by atoms with Crippen LogP contribution in [0.3, 0.4) is 0 Å². The second kappa shape index (κ2) is 12.4. The van der Waals surface area contributed by atoms with Crippen LogP contribution >= 0.6 is 0 Å². The van der Waals surface area contributed by atoms with Crippen LogP contribution in [0.2, 0.25) is 0 Å². The fourth-order valence-electron chi connectivity index (χ4n) is 4.65. The zero-order valence-corrected chi connectivity index (χ0v) is 23.1. The molecule has 0 aliphatic heterocycles. The van der Waals surface area contributed by atoms with Gasteiger partial charge in [-0.3, -0.25) is 9.59 Å². The molecule has 8 nitrogen and oxygen atoms in total. The van der Waals surface area contributed by atoms with E-state index in [1.54, 1.807) is 36.4 Å². The van der Waals surface area contributed by atoms with Gasteiger partial charge in [0.1, 0.15) is 22.9 Å². The average molecular weight is 530 g/mol. The standard InChI is InChI=1S/C31H35N3O5/c1-6-34-26-16-15-22(37-7-2)17-23(26)20(5)29(34)31(36)33-25-19-27(38-8-3)24(18-28(25)39-9-4)32-30(35)21-13-11-10-12-14-21/h10-19H,6-9H2,1-5H3,(H,32,35)(H,33,36). The van der Waals surface area contributed by atoms with Crippen molar-refractivity contribution in [2.75, 3.05) is 30.5 Å². The number of amides is 2. The number of aryl methyl sites for hydroxylation is 2. The topological polar surface area (TPSA) is 90.8 Å². The highest BCUT2D eigenvalue weighted by molar-refractivity contribution is 6.10. The lowest BCUT2D eigenvalue weighted by molar-refractivity contribution is 0.101. The van der Waals surface area contributed by atoms with Crippen LogP contribution in [0.1, 0.15) is 54.1 Å². The minimum absolute atomic E-state index is 0.270. The van der Waals surface area contributed by atoms with Crippen LogP contribution in [0, 0.1) is 6.92 Å². The SMILES string of the molecule is CCOc1ccc2c(c1)c(C)c(C(=O)Nc1cc(OCC)c(NC(=O)c3ccccc3)cc1OCC)n2CC. The number of aromatic nitrogens is 1. The van der Waals surface area contributed by atoms with Crippen molar-refractivity contribution in [3.63, 3.8) is 0 Å². The minimum atomic E-state index is -0.273. The Morgan fingerprint density at radius 1 is 0.744 bits per heavy atom. The first-order chi connectivity index (χ1) is 18.9. The maximum Gasteiger partial charge on any atom is 0.272 e. The molecule has 0 unspecified atom stereocenters. The monoisotopic (exact) mass is 529 g/mol. The number of carbonyl (C=O) groups is 2. The summed E-state index contributed by atoms with van der Waals surface area (Å²) < 4.78 is 19.4. The van der Waals surface area contributed by atoms with Gasteiger partial charge in [0.2, 0.25) is 0 Å². The van der Waals surface area contributed by atoms with E-state index in [4.69, 9.17) is 14.2 Å². The Hall–Kier alpha value is -4.46. The molecule has 0 atom stereocenters. The summed E-state index contributed by atoms with van der Waals surface area (Å²) in [6.45, 7) is 11.5. The number of carbonyl (C=O) groups excluding carboxylic acids is 2. The molecule has 1 heterocycles. The predicted octanol–water partition coefficient (Wildman–Crippen LogP) is 6.67. The van der Waals surface area contributed by atoms with Crippen molar-refractivity contribution in [2.24, 2.45) is 0 Å². The van der Waals surface area contributed by atoms with Crippen molar-refractivity contribution in [3.05, 3.63) is 77.5 Å². The number of hydrogen-bond donors (Lipinski definition) is 2. The maximum atomic E-state index is 13.7. The summed E-state index contributed by atoms with van der Waals surface area (Å²) in [7, 11) is 0. The Balaban J connectivity index is 1.72. The molecule has 0 saturated heterocycles. The van der Waals surface area contributed by atoms with Gasteiger partial charge in [-0.25, -0.2) is 0 Å². The highest BCUT2D eigenvalue weighted by atomic mass is 16.5. The molecule has 0 saturated carbocycles. The van der Waals surface area contributed by atoms with Gasteiger partial charge in [-0.2, -0.15) is 0 Å². The highest BCUT2D eigenvalue weighted by Gasteiger charge is 2.23. The Kier molecular flexibility index (Phi) is 8.76. The summed E-state index contributed by atoms with van der Waals surface area (Å²) in [5.74, 6) is 1.07. The van der Waals surface area contributed by atoms with Gasteiger partial charge in [-0.1, -0.05) is 18.2 Å². The van der Waals surface area contributed by atoms with Crippen LogP contribution in [0.15, 0.2) is 60.7 Å². The average Bonchev–Trinajstić information content (AvgIpc) is 3.22. The number of nitrogens with one attached hydrogen (secondary N) is 2. The first-order valence-corrected chi connectivity index (χ1v) is 13.3. The fraction of sp³-hybridized carbons (Fsp3) is 0.290. The summed E-state index contributed by atoms with van der Waals surface area (Å²) in [6, 6.07) is 18.2. The van der Waals surface area contributed by atoms with E-state index in [0.29, 0.717) is 60.5 Å². The van der Waals surface area contributed by atoms with E-state index in [0.717, 1.165) is 22.2 Å². The quantitative estimate of drug-likeness (QED) is 0.226. The third-order valence-corrected chi connectivity index (χ3v) is 6.34. The van der Waals surface area contributed by atoms with Gasteiger partial charge >= 0.3 is 0 Å². The molecule has 0 spiro atoms. The summed E-state index contributed by atoms with van der Waals surface area (Å²) in [4.78, 5) is 26.6. The van der Waals surface area contributed by atoms with E-state index in [2.05, 4.69) is 10.6 Å². The molecule has 0 aliphatic rings. The molecule has 39 heavy (non-hydrogen) atoms. The van der Waals surface area contributed by atoms with Crippen LogP contribution in [0.25, 0.3) is 10.9 Å². The first-order valence-electron chi connectivity index (χ1n) is 13.3. The second-order valence-corrected chi connectivity index (χ2v) is 8.81. The van der Waals surface area contributed by atoms with E-state index in [-0.39, 0.29) is 11.8 Å². The van der Waals surface area contributed by atoms with Gasteiger partial charge in [0.05, 0.1) is 31.2 Å². The van der Waals surface area contributed by atoms with Crippen molar-refractivity contribution in [2.45, 2.75) is 41.2 Å². The van der Waals surface area contributed by atoms with Gasteiger partial charge in [-0.05, 0) is 70.5 Å². The molecule has 0 radical (unpaired) electrons. The second-order valence-electron chi connectivity index (χ2n) is 8.81. The number of ether oxygens (including phenoxy) is 3. The molecule has 3 aromatic carbocycles. The van der Waals surface area contributed by atoms with Gasteiger partial charge < -0.3 is 29.4 Å². The number of fused-ring (bicyclic) bond motifs is 1. The van der Waals surface area contributed by atoms with Crippen LogP contribution in [0.4, 0.5) is 11.4 Å². The molecule has 0 fully saturated rings. The van der Waals surface area contributed by atoms with Gasteiger partial charge in [0.15, 0.2) is 0 Å².